The summed E-state index contributed by atoms with van der Waals surface area (Å²) in [5, 5.41) is 20.5. The van der Waals surface area contributed by atoms with Crippen molar-refractivity contribution in [2.75, 3.05) is 29.0 Å². The Bertz CT molecular complexity index is 962. The van der Waals surface area contributed by atoms with E-state index in [0.717, 1.165) is 11.1 Å². The predicted octanol–water partition coefficient (Wildman–Crippen LogP) is 4.12. The third-order valence-electron chi connectivity index (χ3n) is 3.98. The molecule has 4 N–H and O–H groups in total. The minimum Gasteiger partial charge on any atom is -0.367 e. The molecule has 0 fully saturated rings. The molecule has 0 saturated carbocycles. The number of urea groups is 1. The van der Waals surface area contributed by atoms with Crippen LogP contribution in [0, 0.1) is 13.8 Å². The average Bonchev–Trinajstić information content (AvgIpc) is 2.71. The highest BCUT2D eigenvalue weighted by Crippen LogP contribution is 2.19. The van der Waals surface area contributed by atoms with Gasteiger partial charge in [-0.05, 0) is 55.3 Å². The number of rotatable bonds is 7. The average molecular weight is 412 g/mol. The van der Waals surface area contributed by atoms with E-state index in [0.29, 0.717) is 41.3 Å². The van der Waals surface area contributed by atoms with E-state index in [-0.39, 0.29) is 6.03 Å². The smallest absolute Gasteiger partial charge is 0.319 e. The minimum absolute atomic E-state index is 0.303. The van der Waals surface area contributed by atoms with Gasteiger partial charge in [0.2, 0.25) is 0 Å². The molecule has 0 unspecified atom stereocenters. The van der Waals surface area contributed by atoms with E-state index in [1.165, 1.54) is 0 Å². The molecule has 0 spiro atoms. The fraction of sp³-hybridized carbons (Fsp3) is 0.200. The zero-order valence-electron chi connectivity index (χ0n) is 16.2. The molecule has 0 aliphatic rings. The van der Waals surface area contributed by atoms with Crippen molar-refractivity contribution < 1.29 is 4.79 Å². The predicted molar refractivity (Wildman–Crippen MR) is 116 cm³/mol. The van der Waals surface area contributed by atoms with Crippen molar-refractivity contribution in [1.82, 2.24) is 20.5 Å². The maximum atomic E-state index is 11.9. The standard InChI is InChI=1S/C20H22ClN7O/c1-13-3-6-17(24-12-13)26-19-8-7-18(27-28-19)22-9-10-23-20(29)25-15-5-4-14(2)16(21)11-15/h3-8,11-12H,9-10H2,1-2H3,(H,22,27)(H2,23,25,29)(H,24,26,28). The van der Waals surface area contributed by atoms with Crippen LogP contribution in [-0.4, -0.2) is 34.3 Å². The van der Waals surface area contributed by atoms with E-state index in [4.69, 9.17) is 11.6 Å². The van der Waals surface area contributed by atoms with Gasteiger partial charge in [-0.2, -0.15) is 0 Å². The van der Waals surface area contributed by atoms with E-state index in [2.05, 4.69) is 36.4 Å². The van der Waals surface area contributed by atoms with Crippen molar-refractivity contribution in [2.45, 2.75) is 13.8 Å². The molecule has 3 rings (SSSR count). The van der Waals surface area contributed by atoms with Crippen LogP contribution in [-0.2, 0) is 0 Å². The summed E-state index contributed by atoms with van der Waals surface area (Å²) in [7, 11) is 0. The monoisotopic (exact) mass is 411 g/mol. The van der Waals surface area contributed by atoms with Gasteiger partial charge >= 0.3 is 6.03 Å². The Morgan fingerprint density at radius 2 is 1.72 bits per heavy atom. The first-order chi connectivity index (χ1) is 14.0. The molecule has 2 amide bonds. The highest BCUT2D eigenvalue weighted by molar-refractivity contribution is 6.31. The van der Waals surface area contributed by atoms with Gasteiger partial charge in [-0.15, -0.1) is 10.2 Å². The number of aryl methyl sites for hydroxylation is 2. The SMILES string of the molecule is Cc1ccc(Nc2ccc(NCCNC(=O)Nc3ccc(C)c(Cl)c3)nn2)nc1. The molecule has 0 aliphatic carbocycles. The minimum atomic E-state index is -0.303. The number of aromatic nitrogens is 3. The number of nitrogens with zero attached hydrogens (tertiary/aromatic N) is 3. The van der Waals surface area contributed by atoms with Gasteiger partial charge in [0.25, 0.3) is 0 Å². The second kappa shape index (κ2) is 9.70. The fourth-order valence-electron chi connectivity index (χ4n) is 2.38. The first kappa shape index (κ1) is 20.3. The Labute approximate surface area is 174 Å². The summed E-state index contributed by atoms with van der Waals surface area (Å²) in [4.78, 5) is 16.2. The number of hydrogen-bond acceptors (Lipinski definition) is 6. The molecule has 9 heteroatoms. The van der Waals surface area contributed by atoms with Crippen molar-refractivity contribution in [3.05, 3.63) is 64.8 Å². The lowest BCUT2D eigenvalue weighted by Gasteiger charge is -2.10. The third kappa shape index (κ3) is 6.32. The van der Waals surface area contributed by atoms with Crippen molar-refractivity contribution in [3.63, 3.8) is 0 Å². The maximum Gasteiger partial charge on any atom is 0.319 e. The lowest BCUT2D eigenvalue weighted by Crippen LogP contribution is -2.32. The topological polar surface area (TPSA) is 104 Å². The van der Waals surface area contributed by atoms with Gasteiger partial charge in [0.1, 0.15) is 11.6 Å². The summed E-state index contributed by atoms with van der Waals surface area (Å²) in [6.07, 6.45) is 1.78. The number of halogens is 1. The second-order valence-corrected chi connectivity index (χ2v) is 6.83. The van der Waals surface area contributed by atoms with Crippen molar-refractivity contribution in [3.8, 4) is 0 Å². The zero-order chi connectivity index (χ0) is 20.6. The molecule has 2 heterocycles. The van der Waals surface area contributed by atoms with Crippen LogP contribution in [0.3, 0.4) is 0 Å². The summed E-state index contributed by atoms with van der Waals surface area (Å²) in [5.41, 5.74) is 2.69. The Morgan fingerprint density at radius 1 is 0.966 bits per heavy atom. The highest BCUT2D eigenvalue weighted by Gasteiger charge is 2.04. The number of pyridine rings is 1. The van der Waals surface area contributed by atoms with Crippen LogP contribution in [0.5, 0.6) is 0 Å². The summed E-state index contributed by atoms with van der Waals surface area (Å²) in [5.74, 6) is 1.91. The Hall–Kier alpha value is -3.39. The Morgan fingerprint density at radius 3 is 2.41 bits per heavy atom. The Balaban J connectivity index is 1.39. The second-order valence-electron chi connectivity index (χ2n) is 6.42. The van der Waals surface area contributed by atoms with Gasteiger partial charge < -0.3 is 21.3 Å². The van der Waals surface area contributed by atoms with Gasteiger partial charge in [0, 0.05) is 30.0 Å². The van der Waals surface area contributed by atoms with E-state index in [1.807, 2.05) is 32.0 Å². The molecule has 0 saturated heterocycles. The van der Waals surface area contributed by atoms with Crippen LogP contribution >= 0.6 is 11.6 Å². The molecule has 0 bridgehead atoms. The van der Waals surface area contributed by atoms with Crippen LogP contribution in [0.2, 0.25) is 5.02 Å². The van der Waals surface area contributed by atoms with Crippen LogP contribution in [0.25, 0.3) is 0 Å². The number of carbonyl (C=O) groups excluding carboxylic acids is 1. The van der Waals surface area contributed by atoms with Gasteiger partial charge in [-0.3, -0.25) is 0 Å². The summed E-state index contributed by atoms with van der Waals surface area (Å²) in [6, 6.07) is 12.5. The van der Waals surface area contributed by atoms with Gasteiger partial charge in [0.05, 0.1) is 0 Å². The third-order valence-corrected chi connectivity index (χ3v) is 4.39. The molecule has 29 heavy (non-hydrogen) atoms. The number of benzene rings is 1. The largest absolute Gasteiger partial charge is 0.367 e. The molecule has 0 aliphatic heterocycles. The highest BCUT2D eigenvalue weighted by atomic mass is 35.5. The van der Waals surface area contributed by atoms with Crippen molar-refractivity contribution in [2.24, 2.45) is 0 Å². The molecular formula is C20H22ClN7O. The molecule has 0 atom stereocenters. The van der Waals surface area contributed by atoms with Crippen LogP contribution in [0.1, 0.15) is 11.1 Å². The van der Waals surface area contributed by atoms with Crippen LogP contribution < -0.4 is 21.3 Å². The first-order valence-corrected chi connectivity index (χ1v) is 9.46. The number of amides is 2. The number of anilines is 4. The maximum absolute atomic E-state index is 11.9. The summed E-state index contributed by atoms with van der Waals surface area (Å²) < 4.78 is 0. The van der Waals surface area contributed by atoms with Gasteiger partial charge in [-0.1, -0.05) is 23.7 Å². The molecule has 1 aromatic carbocycles. The van der Waals surface area contributed by atoms with Gasteiger partial charge in [-0.25, -0.2) is 9.78 Å². The molecule has 0 radical (unpaired) electrons. The van der Waals surface area contributed by atoms with E-state index >= 15 is 0 Å². The van der Waals surface area contributed by atoms with E-state index in [9.17, 15) is 4.79 Å². The lowest BCUT2D eigenvalue weighted by atomic mass is 10.2. The zero-order valence-corrected chi connectivity index (χ0v) is 16.9. The fourth-order valence-corrected chi connectivity index (χ4v) is 2.56. The van der Waals surface area contributed by atoms with Crippen LogP contribution in [0.15, 0.2) is 48.7 Å². The summed E-state index contributed by atoms with van der Waals surface area (Å²) in [6.45, 7) is 4.81. The van der Waals surface area contributed by atoms with E-state index < -0.39 is 0 Å². The molecular weight excluding hydrogens is 390 g/mol. The molecule has 2 aromatic heterocycles. The molecule has 150 valence electrons. The molecule has 8 nitrogen and oxygen atoms in total. The number of nitrogens with one attached hydrogen (secondary N) is 4. The van der Waals surface area contributed by atoms with Crippen molar-refractivity contribution >= 4 is 40.8 Å². The van der Waals surface area contributed by atoms with Crippen LogP contribution in [0.4, 0.5) is 27.9 Å². The Kier molecular flexibility index (Phi) is 6.80. The first-order valence-electron chi connectivity index (χ1n) is 9.08. The van der Waals surface area contributed by atoms with E-state index in [1.54, 1.807) is 30.5 Å². The number of carbonyl (C=O) groups is 1. The number of hydrogen-bond donors (Lipinski definition) is 4. The van der Waals surface area contributed by atoms with Crippen molar-refractivity contribution in [1.29, 1.82) is 0 Å². The summed E-state index contributed by atoms with van der Waals surface area (Å²) >= 11 is 6.05. The molecule has 3 aromatic rings. The normalized spacial score (nSPS) is 10.3. The van der Waals surface area contributed by atoms with Gasteiger partial charge in [0.15, 0.2) is 5.82 Å². The quantitative estimate of drug-likeness (QED) is 0.436. The lowest BCUT2D eigenvalue weighted by molar-refractivity contribution is 0.252.